The average Bonchev–Trinajstić information content (AvgIpc) is 2.45. The molecule has 0 amide bonds. The molecule has 0 saturated heterocycles. The zero-order chi connectivity index (χ0) is 13.7. The monoisotopic (exact) mass is 276 g/mol. The fraction of sp³-hybridized carbons (Fsp3) is 0.267. The number of nitrogens with one attached hydrogen (secondary N) is 1. The summed E-state index contributed by atoms with van der Waals surface area (Å²) in [5.41, 5.74) is 2.31. The Morgan fingerprint density at radius 3 is 2.89 bits per heavy atom. The van der Waals surface area contributed by atoms with E-state index in [1.807, 2.05) is 30.3 Å². The van der Waals surface area contributed by atoms with Crippen LogP contribution in [0.4, 0.5) is 0 Å². The normalized spacial score (nSPS) is 12.2. The van der Waals surface area contributed by atoms with Crippen LogP contribution >= 0.6 is 11.6 Å². The fourth-order valence-electron chi connectivity index (χ4n) is 1.85. The van der Waals surface area contributed by atoms with Crippen LogP contribution in [-0.4, -0.2) is 12.1 Å². The molecule has 0 aliphatic heterocycles. The largest absolute Gasteiger partial charge is 0.497 e. The van der Waals surface area contributed by atoms with Crippen LogP contribution in [-0.2, 0) is 6.54 Å². The lowest BCUT2D eigenvalue weighted by atomic mass is 10.1. The highest BCUT2D eigenvalue weighted by molar-refractivity contribution is 6.29. The molecule has 0 radical (unpaired) electrons. The molecule has 1 atom stereocenters. The summed E-state index contributed by atoms with van der Waals surface area (Å²) in [5.74, 6) is 0.873. The number of hydrogen-bond donors (Lipinski definition) is 1. The van der Waals surface area contributed by atoms with Gasteiger partial charge in [-0.2, -0.15) is 0 Å². The van der Waals surface area contributed by atoms with E-state index in [0.717, 1.165) is 17.9 Å². The van der Waals surface area contributed by atoms with Gasteiger partial charge < -0.3 is 10.1 Å². The van der Waals surface area contributed by atoms with Gasteiger partial charge in [0.25, 0.3) is 0 Å². The van der Waals surface area contributed by atoms with E-state index in [9.17, 15) is 0 Å². The number of pyridine rings is 1. The summed E-state index contributed by atoms with van der Waals surface area (Å²) in [7, 11) is 1.68. The number of halogens is 1. The summed E-state index contributed by atoms with van der Waals surface area (Å²) in [6.07, 6.45) is 1.72. The molecule has 0 aliphatic carbocycles. The molecule has 0 fully saturated rings. The van der Waals surface area contributed by atoms with Gasteiger partial charge in [-0.25, -0.2) is 4.98 Å². The number of rotatable bonds is 5. The molecule has 100 valence electrons. The molecule has 1 heterocycles. The minimum atomic E-state index is 0.238. The predicted octanol–water partition coefficient (Wildman–Crippen LogP) is 3.59. The summed E-state index contributed by atoms with van der Waals surface area (Å²) < 4.78 is 5.23. The van der Waals surface area contributed by atoms with E-state index in [0.29, 0.717) is 5.15 Å². The first kappa shape index (κ1) is 13.8. The van der Waals surface area contributed by atoms with Crippen LogP contribution in [0, 0.1) is 0 Å². The maximum atomic E-state index is 5.86. The molecular weight excluding hydrogens is 260 g/mol. The third kappa shape index (κ3) is 3.94. The number of methoxy groups -OCH3 is 1. The van der Waals surface area contributed by atoms with E-state index < -0.39 is 0 Å². The summed E-state index contributed by atoms with van der Waals surface area (Å²) >= 11 is 5.86. The van der Waals surface area contributed by atoms with E-state index in [-0.39, 0.29) is 6.04 Å². The van der Waals surface area contributed by atoms with Gasteiger partial charge >= 0.3 is 0 Å². The summed E-state index contributed by atoms with van der Waals surface area (Å²) in [6, 6.07) is 12.1. The smallest absolute Gasteiger partial charge is 0.129 e. The van der Waals surface area contributed by atoms with Crippen LogP contribution in [0.2, 0.25) is 5.15 Å². The van der Waals surface area contributed by atoms with E-state index in [2.05, 4.69) is 23.3 Å². The van der Waals surface area contributed by atoms with Gasteiger partial charge in [0.15, 0.2) is 0 Å². The van der Waals surface area contributed by atoms with Gasteiger partial charge in [-0.1, -0.05) is 23.7 Å². The van der Waals surface area contributed by atoms with Crippen LogP contribution in [0.1, 0.15) is 24.1 Å². The summed E-state index contributed by atoms with van der Waals surface area (Å²) in [4.78, 5) is 3.97. The van der Waals surface area contributed by atoms with Gasteiger partial charge in [-0.15, -0.1) is 0 Å². The number of benzene rings is 1. The first-order chi connectivity index (χ1) is 9.19. The van der Waals surface area contributed by atoms with Gasteiger partial charge in [0, 0.05) is 18.8 Å². The molecule has 0 bridgehead atoms. The van der Waals surface area contributed by atoms with Crippen molar-refractivity contribution in [2.45, 2.75) is 19.5 Å². The Morgan fingerprint density at radius 1 is 1.32 bits per heavy atom. The fourth-order valence-corrected chi connectivity index (χ4v) is 2.05. The molecular formula is C15H17ClN2O. The second-order valence-electron chi connectivity index (χ2n) is 4.37. The molecule has 2 aromatic rings. The van der Waals surface area contributed by atoms with E-state index in [1.54, 1.807) is 13.3 Å². The summed E-state index contributed by atoms with van der Waals surface area (Å²) in [5, 5.41) is 3.97. The number of ether oxygens (including phenoxy) is 1. The van der Waals surface area contributed by atoms with Gasteiger partial charge in [-0.3, -0.25) is 0 Å². The highest BCUT2D eigenvalue weighted by Crippen LogP contribution is 2.19. The van der Waals surface area contributed by atoms with Crippen LogP contribution in [0.5, 0.6) is 5.75 Å². The number of hydrogen-bond acceptors (Lipinski definition) is 3. The van der Waals surface area contributed by atoms with Crippen molar-refractivity contribution in [3.05, 3.63) is 58.9 Å². The van der Waals surface area contributed by atoms with Gasteiger partial charge in [0.2, 0.25) is 0 Å². The van der Waals surface area contributed by atoms with Crippen molar-refractivity contribution in [2.24, 2.45) is 0 Å². The number of nitrogens with zero attached hydrogens (tertiary/aromatic N) is 1. The maximum Gasteiger partial charge on any atom is 0.129 e. The Morgan fingerprint density at radius 2 is 2.16 bits per heavy atom. The SMILES string of the molecule is COc1cccc([C@@H](C)NCc2ccnc(Cl)c2)c1. The maximum absolute atomic E-state index is 5.86. The Balaban J connectivity index is 1.99. The molecule has 0 saturated carbocycles. The zero-order valence-electron chi connectivity index (χ0n) is 11.1. The van der Waals surface area contributed by atoms with Crippen LogP contribution in [0.15, 0.2) is 42.6 Å². The highest BCUT2D eigenvalue weighted by Gasteiger charge is 2.06. The van der Waals surface area contributed by atoms with Crippen LogP contribution < -0.4 is 10.1 Å². The Hall–Kier alpha value is -1.58. The standard InChI is InChI=1S/C15H17ClN2O/c1-11(13-4-3-5-14(9-13)19-2)18-10-12-6-7-17-15(16)8-12/h3-9,11,18H,10H2,1-2H3/t11-/m1/s1. The third-order valence-corrected chi connectivity index (χ3v) is 3.20. The molecule has 1 N–H and O–H groups in total. The van der Waals surface area contributed by atoms with Crippen molar-refractivity contribution >= 4 is 11.6 Å². The lowest BCUT2D eigenvalue weighted by molar-refractivity contribution is 0.413. The lowest BCUT2D eigenvalue weighted by Gasteiger charge is -2.15. The minimum Gasteiger partial charge on any atom is -0.497 e. The van der Waals surface area contributed by atoms with Gasteiger partial charge in [0.1, 0.15) is 10.9 Å². The predicted molar refractivity (Wildman–Crippen MR) is 77.5 cm³/mol. The lowest BCUT2D eigenvalue weighted by Crippen LogP contribution is -2.18. The summed E-state index contributed by atoms with van der Waals surface area (Å²) in [6.45, 7) is 2.87. The first-order valence-corrected chi connectivity index (χ1v) is 6.54. The molecule has 0 spiro atoms. The highest BCUT2D eigenvalue weighted by atomic mass is 35.5. The molecule has 4 heteroatoms. The number of aromatic nitrogens is 1. The van der Waals surface area contributed by atoms with E-state index >= 15 is 0 Å². The topological polar surface area (TPSA) is 34.1 Å². The average molecular weight is 277 g/mol. The van der Waals surface area contributed by atoms with Crippen molar-refractivity contribution in [3.8, 4) is 5.75 Å². The molecule has 1 aromatic carbocycles. The molecule has 2 rings (SSSR count). The second kappa shape index (κ2) is 6.55. The van der Waals surface area contributed by atoms with Crippen molar-refractivity contribution in [3.63, 3.8) is 0 Å². The Labute approximate surface area is 118 Å². The Kier molecular flexibility index (Phi) is 4.77. The van der Waals surface area contributed by atoms with Crippen molar-refractivity contribution in [1.82, 2.24) is 10.3 Å². The van der Waals surface area contributed by atoms with Crippen LogP contribution in [0.3, 0.4) is 0 Å². The Bertz CT molecular complexity index is 545. The first-order valence-electron chi connectivity index (χ1n) is 6.17. The molecule has 1 aromatic heterocycles. The minimum absolute atomic E-state index is 0.238. The van der Waals surface area contributed by atoms with Crippen molar-refractivity contribution < 1.29 is 4.74 Å². The van der Waals surface area contributed by atoms with Crippen molar-refractivity contribution in [1.29, 1.82) is 0 Å². The van der Waals surface area contributed by atoms with E-state index in [4.69, 9.17) is 16.3 Å². The van der Waals surface area contributed by atoms with Crippen molar-refractivity contribution in [2.75, 3.05) is 7.11 Å². The van der Waals surface area contributed by atoms with Gasteiger partial charge in [-0.05, 0) is 42.3 Å². The third-order valence-electron chi connectivity index (χ3n) is 3.00. The molecule has 0 aliphatic rings. The van der Waals surface area contributed by atoms with Gasteiger partial charge in [0.05, 0.1) is 7.11 Å². The van der Waals surface area contributed by atoms with Crippen LogP contribution in [0.25, 0.3) is 0 Å². The molecule has 19 heavy (non-hydrogen) atoms. The van der Waals surface area contributed by atoms with E-state index in [1.165, 1.54) is 5.56 Å². The second-order valence-corrected chi connectivity index (χ2v) is 4.75. The molecule has 3 nitrogen and oxygen atoms in total. The molecule has 0 unspecified atom stereocenters. The quantitative estimate of drug-likeness (QED) is 0.848. The zero-order valence-corrected chi connectivity index (χ0v) is 11.8.